The van der Waals surface area contributed by atoms with Gasteiger partial charge in [0.25, 0.3) is 0 Å². The summed E-state index contributed by atoms with van der Waals surface area (Å²) in [5.74, 6) is -4.38. The van der Waals surface area contributed by atoms with Crippen LogP contribution in [0.2, 0.25) is 0 Å². The van der Waals surface area contributed by atoms with Gasteiger partial charge >= 0.3 is 0 Å². The van der Waals surface area contributed by atoms with Crippen molar-refractivity contribution in [3.8, 4) is 0 Å². The number of carbonyl (C=O) groups excluding carboxylic acids is 7. The van der Waals surface area contributed by atoms with Gasteiger partial charge in [0.1, 0.15) is 30.2 Å². The number of aromatic nitrogens is 5. The number of benzene rings is 1. The number of imidazole rings is 2. The molecule has 0 radical (unpaired) electrons. The van der Waals surface area contributed by atoms with Gasteiger partial charge in [0.15, 0.2) is 0 Å². The van der Waals surface area contributed by atoms with Gasteiger partial charge in [0.2, 0.25) is 41.4 Å². The number of rotatable bonds is 26. The molecule has 0 spiro atoms. The molecule has 1 aromatic carbocycles. The van der Waals surface area contributed by atoms with Crippen LogP contribution in [0.15, 0.2) is 55.5 Å². The number of aromatic amines is 3. The molecule has 4 rings (SSSR count). The van der Waals surface area contributed by atoms with Gasteiger partial charge in [-0.15, -0.1) is 0 Å². The van der Waals surface area contributed by atoms with E-state index in [9.17, 15) is 33.6 Å². The standard InChI is InChI=1S/C44H64N12O8/c1-8-13-64-22-32(14-25(2)3)53-42(61)37(17-31-20-46-24-50-31)54-38(58)21-48-44(63)39(26(4)5)56-40(59)27(6)51-41(60)35(15-29-18-47-34-12-10-9-11-33(29)34)55-43(62)36(52-28(7)57)16-30-19-45-23-49-30/h9-12,18-20,23-27,32,35-37,39,47H,8,13-17,21-22H2,1-7H3,(H,45,49)(H,46,50)(H,48,63)(H,51,60)(H,52,57)(H,53,61)(H,54,58)(H,55,62)(H,56,59)/t27-,32?,35-,36-,37-,39-/m0/s1. The second-order valence-corrected chi connectivity index (χ2v) is 16.6. The van der Waals surface area contributed by atoms with Crippen molar-refractivity contribution in [1.29, 1.82) is 0 Å². The van der Waals surface area contributed by atoms with Crippen molar-refractivity contribution in [2.75, 3.05) is 19.8 Å². The van der Waals surface area contributed by atoms with Crippen molar-refractivity contribution in [3.05, 3.63) is 72.5 Å². The molecule has 64 heavy (non-hydrogen) atoms. The first-order valence-electron chi connectivity index (χ1n) is 21.7. The summed E-state index contributed by atoms with van der Waals surface area (Å²) in [5.41, 5.74) is 2.73. The average molecular weight is 889 g/mol. The quantitative estimate of drug-likeness (QED) is 0.0397. The van der Waals surface area contributed by atoms with Crippen molar-refractivity contribution in [2.45, 2.75) is 117 Å². The minimum Gasteiger partial charge on any atom is -0.379 e. The Morgan fingerprint density at radius 1 is 0.688 bits per heavy atom. The fourth-order valence-electron chi connectivity index (χ4n) is 7.02. The van der Waals surface area contributed by atoms with Gasteiger partial charge in [0, 0.05) is 73.7 Å². The van der Waals surface area contributed by atoms with E-state index in [4.69, 9.17) is 4.74 Å². The molecule has 3 heterocycles. The Kier molecular flexibility index (Phi) is 19.5. The monoisotopic (exact) mass is 888 g/mol. The summed E-state index contributed by atoms with van der Waals surface area (Å²) < 4.78 is 5.72. The van der Waals surface area contributed by atoms with Crippen LogP contribution in [0.3, 0.4) is 0 Å². The number of nitrogens with one attached hydrogen (secondary N) is 10. The third-order valence-electron chi connectivity index (χ3n) is 10.2. The molecule has 0 aliphatic carbocycles. The third kappa shape index (κ3) is 16.0. The molecule has 20 nitrogen and oxygen atoms in total. The minimum absolute atomic E-state index is 0.0299. The Hall–Kier alpha value is -6.57. The lowest BCUT2D eigenvalue weighted by molar-refractivity contribution is -0.135. The van der Waals surface area contributed by atoms with Gasteiger partial charge in [-0.05, 0) is 43.2 Å². The smallest absolute Gasteiger partial charge is 0.243 e. The second kappa shape index (κ2) is 24.9. The number of para-hydroxylation sites is 1. The number of hydrogen-bond donors (Lipinski definition) is 10. The summed E-state index contributed by atoms with van der Waals surface area (Å²) in [4.78, 5) is 111. The zero-order valence-electron chi connectivity index (χ0n) is 37.6. The number of H-pyrrole nitrogens is 3. The normalized spacial score (nSPS) is 14.1. The number of nitrogens with zero attached hydrogens (tertiary/aromatic N) is 2. The molecule has 0 bridgehead atoms. The molecular formula is C44H64N12O8. The van der Waals surface area contributed by atoms with Crippen LogP contribution < -0.4 is 37.2 Å². The fraction of sp³-hybridized carbons (Fsp3) is 0.523. The summed E-state index contributed by atoms with van der Waals surface area (Å²) in [6.45, 7) is 12.6. The minimum atomic E-state index is -1.20. The van der Waals surface area contributed by atoms with Crippen molar-refractivity contribution in [1.82, 2.24) is 62.1 Å². The number of amides is 7. The summed E-state index contributed by atoms with van der Waals surface area (Å²) in [6, 6.07) is 1.61. The average Bonchev–Trinajstić information content (AvgIpc) is 4.04. The van der Waals surface area contributed by atoms with E-state index >= 15 is 0 Å². The molecule has 6 atom stereocenters. The number of ether oxygens (including phenoxy) is 1. The number of carbonyl (C=O) groups is 7. The predicted octanol–water partition coefficient (Wildman–Crippen LogP) is 0.836. The Bertz CT molecular complexity index is 2140. The van der Waals surface area contributed by atoms with Crippen LogP contribution in [0.1, 0.15) is 78.3 Å². The molecule has 0 fully saturated rings. The maximum Gasteiger partial charge on any atom is 0.243 e. The highest BCUT2D eigenvalue weighted by atomic mass is 16.5. The van der Waals surface area contributed by atoms with E-state index in [0.717, 1.165) is 22.9 Å². The first kappa shape index (κ1) is 50.1. The van der Waals surface area contributed by atoms with Gasteiger partial charge in [-0.1, -0.05) is 52.8 Å². The van der Waals surface area contributed by atoms with Crippen LogP contribution in [0.5, 0.6) is 0 Å². The lowest BCUT2D eigenvalue weighted by atomic mass is 10.0. The number of hydrogen-bond acceptors (Lipinski definition) is 10. The summed E-state index contributed by atoms with van der Waals surface area (Å²) in [5, 5.41) is 19.8. The van der Waals surface area contributed by atoms with E-state index in [1.165, 1.54) is 32.7 Å². The third-order valence-corrected chi connectivity index (χ3v) is 10.2. The van der Waals surface area contributed by atoms with E-state index in [1.807, 2.05) is 45.0 Å². The van der Waals surface area contributed by atoms with Gasteiger partial charge in [-0.25, -0.2) is 9.97 Å². The maximum absolute atomic E-state index is 14.0. The molecule has 20 heteroatoms. The van der Waals surface area contributed by atoms with E-state index in [1.54, 1.807) is 26.2 Å². The molecule has 1 unspecified atom stereocenters. The molecule has 0 aliphatic rings. The zero-order valence-corrected chi connectivity index (χ0v) is 37.6. The highest BCUT2D eigenvalue weighted by Crippen LogP contribution is 2.19. The topological polar surface area (TPSA) is 286 Å². The molecule has 348 valence electrons. The van der Waals surface area contributed by atoms with Gasteiger partial charge in [0.05, 0.1) is 31.8 Å². The summed E-state index contributed by atoms with van der Waals surface area (Å²) >= 11 is 0. The lowest BCUT2D eigenvalue weighted by Gasteiger charge is -2.26. The highest BCUT2D eigenvalue weighted by Gasteiger charge is 2.32. The van der Waals surface area contributed by atoms with Gasteiger partial charge in [-0.3, -0.25) is 33.6 Å². The first-order chi connectivity index (χ1) is 30.5. The maximum atomic E-state index is 14.0. The van der Waals surface area contributed by atoms with Crippen molar-refractivity contribution in [2.24, 2.45) is 11.8 Å². The fourth-order valence-corrected chi connectivity index (χ4v) is 7.02. The molecule has 3 aromatic heterocycles. The van der Waals surface area contributed by atoms with E-state index in [-0.39, 0.29) is 31.2 Å². The number of fused-ring (bicyclic) bond motifs is 1. The van der Waals surface area contributed by atoms with E-state index < -0.39 is 84.0 Å². The first-order valence-corrected chi connectivity index (χ1v) is 21.7. The van der Waals surface area contributed by atoms with Crippen LogP contribution in [-0.2, 0) is 57.6 Å². The lowest BCUT2D eigenvalue weighted by Crippen LogP contribution is -2.59. The second-order valence-electron chi connectivity index (χ2n) is 16.6. The Morgan fingerprint density at radius 3 is 1.89 bits per heavy atom. The van der Waals surface area contributed by atoms with Gasteiger partial charge in [-0.2, -0.15) is 0 Å². The SMILES string of the molecule is CCCOCC(CC(C)C)NC(=O)[C@H](Cc1cnc[nH]1)NC(=O)CNC(=O)[C@@H](NC(=O)[C@H](C)NC(=O)[C@H](Cc1c[nH]c2ccccc12)NC(=O)[C@H](Cc1cnc[nH]1)NC(C)=O)C(C)C. The van der Waals surface area contributed by atoms with Crippen LogP contribution in [0.4, 0.5) is 0 Å². The summed E-state index contributed by atoms with van der Waals surface area (Å²) in [6.07, 6.45) is 9.42. The Labute approximate surface area is 372 Å². The molecule has 4 aromatic rings. The largest absolute Gasteiger partial charge is 0.379 e. The Morgan fingerprint density at radius 2 is 1.30 bits per heavy atom. The highest BCUT2D eigenvalue weighted by molar-refractivity contribution is 5.97. The van der Waals surface area contributed by atoms with Crippen LogP contribution in [0, 0.1) is 11.8 Å². The van der Waals surface area contributed by atoms with E-state index in [2.05, 4.69) is 62.1 Å². The molecular weight excluding hydrogens is 825 g/mol. The van der Waals surface area contributed by atoms with Crippen molar-refractivity contribution < 1.29 is 38.3 Å². The van der Waals surface area contributed by atoms with Crippen LogP contribution in [-0.4, -0.2) is 122 Å². The molecule has 0 aliphatic heterocycles. The Balaban J connectivity index is 1.40. The molecule has 0 saturated carbocycles. The van der Waals surface area contributed by atoms with Crippen molar-refractivity contribution >= 4 is 52.3 Å². The van der Waals surface area contributed by atoms with Crippen LogP contribution >= 0.6 is 0 Å². The molecule has 7 amide bonds. The zero-order chi connectivity index (χ0) is 46.8. The van der Waals surface area contributed by atoms with Crippen molar-refractivity contribution in [3.63, 3.8) is 0 Å². The van der Waals surface area contributed by atoms with Gasteiger partial charge < -0.3 is 56.9 Å². The molecule has 10 N–H and O–H groups in total. The summed E-state index contributed by atoms with van der Waals surface area (Å²) in [7, 11) is 0. The molecule has 0 saturated heterocycles. The van der Waals surface area contributed by atoms with E-state index in [0.29, 0.717) is 31.0 Å². The van der Waals surface area contributed by atoms with Crippen LogP contribution in [0.25, 0.3) is 10.9 Å². The predicted molar refractivity (Wildman–Crippen MR) is 238 cm³/mol.